The van der Waals surface area contributed by atoms with E-state index < -0.39 is 0 Å². The monoisotopic (exact) mass is 208 g/mol. The van der Waals surface area contributed by atoms with E-state index in [1.165, 1.54) is 0 Å². The third-order valence-electron chi connectivity index (χ3n) is 3.67. The molecule has 0 aromatic carbocycles. The van der Waals surface area contributed by atoms with Crippen LogP contribution in [0.1, 0.15) is 26.2 Å². The van der Waals surface area contributed by atoms with Crippen LogP contribution in [0.4, 0.5) is 0 Å². The van der Waals surface area contributed by atoms with Gasteiger partial charge in [-0.25, -0.2) is 0 Å². The molecule has 1 aliphatic heterocycles. The maximum Gasteiger partial charge on any atom is 0.223 e. The molecule has 0 radical (unpaired) electrons. The van der Waals surface area contributed by atoms with Crippen molar-refractivity contribution < 1.29 is 4.79 Å². The van der Waals surface area contributed by atoms with Crippen molar-refractivity contribution >= 4 is 5.91 Å². The summed E-state index contributed by atoms with van der Waals surface area (Å²) >= 11 is 0. The maximum absolute atomic E-state index is 11.8. The molecule has 1 atom stereocenters. The molecule has 1 aliphatic carbocycles. The highest BCUT2D eigenvalue weighted by Crippen LogP contribution is 2.58. The maximum atomic E-state index is 11.8. The average molecular weight is 208 g/mol. The summed E-state index contributed by atoms with van der Waals surface area (Å²) in [7, 11) is 0. The lowest BCUT2D eigenvalue weighted by Crippen LogP contribution is -2.34. The van der Waals surface area contributed by atoms with Crippen LogP contribution in [0.25, 0.3) is 0 Å². The van der Waals surface area contributed by atoms with Crippen molar-refractivity contribution in [2.24, 2.45) is 11.3 Å². The lowest BCUT2D eigenvalue weighted by atomic mass is 9.92. The van der Waals surface area contributed by atoms with Crippen molar-refractivity contribution in [2.75, 3.05) is 19.6 Å². The first-order valence-corrected chi connectivity index (χ1v) is 5.77. The molecule has 3 nitrogen and oxygen atoms in total. The van der Waals surface area contributed by atoms with Gasteiger partial charge >= 0.3 is 0 Å². The van der Waals surface area contributed by atoms with Crippen LogP contribution < -0.4 is 10.6 Å². The second-order valence-corrected chi connectivity index (χ2v) is 5.04. The molecule has 0 bridgehead atoms. The Morgan fingerprint density at radius 2 is 2.20 bits per heavy atom. The zero-order valence-electron chi connectivity index (χ0n) is 9.44. The number of piperidine rings is 1. The van der Waals surface area contributed by atoms with E-state index in [1.54, 1.807) is 0 Å². The topological polar surface area (TPSA) is 41.1 Å². The normalized spacial score (nSPS) is 27.4. The first-order chi connectivity index (χ1) is 7.14. The Kier molecular flexibility index (Phi) is 2.83. The molecule has 1 heterocycles. The number of hydrogen-bond donors (Lipinski definition) is 2. The Labute approximate surface area is 91.3 Å². The van der Waals surface area contributed by atoms with Gasteiger partial charge in [-0.05, 0) is 44.7 Å². The first kappa shape index (κ1) is 10.7. The molecule has 3 heteroatoms. The zero-order chi connectivity index (χ0) is 10.9. The van der Waals surface area contributed by atoms with Crippen molar-refractivity contribution in [3.05, 3.63) is 12.2 Å². The van der Waals surface area contributed by atoms with Crippen LogP contribution >= 0.6 is 0 Å². The number of hydrogen-bond acceptors (Lipinski definition) is 2. The molecule has 0 aromatic heterocycles. The first-order valence-electron chi connectivity index (χ1n) is 5.77. The molecule has 1 saturated heterocycles. The minimum Gasteiger partial charge on any atom is -0.352 e. The highest BCUT2D eigenvalue weighted by Gasteiger charge is 2.57. The van der Waals surface area contributed by atoms with Gasteiger partial charge in [-0.3, -0.25) is 4.79 Å². The van der Waals surface area contributed by atoms with Crippen LogP contribution in [-0.4, -0.2) is 25.5 Å². The van der Waals surface area contributed by atoms with Gasteiger partial charge in [0.1, 0.15) is 0 Å². The average Bonchev–Trinajstić information content (AvgIpc) is 2.90. The van der Waals surface area contributed by atoms with E-state index in [0.29, 0.717) is 12.0 Å². The third kappa shape index (κ3) is 2.23. The largest absolute Gasteiger partial charge is 0.352 e. The van der Waals surface area contributed by atoms with E-state index in [1.807, 2.05) is 6.92 Å². The molecule has 1 spiro atoms. The molecule has 1 saturated carbocycles. The van der Waals surface area contributed by atoms with Crippen molar-refractivity contribution in [1.29, 1.82) is 0 Å². The van der Waals surface area contributed by atoms with Gasteiger partial charge in [0.2, 0.25) is 5.91 Å². The minimum atomic E-state index is 0.236. The van der Waals surface area contributed by atoms with Crippen LogP contribution in [0, 0.1) is 11.3 Å². The van der Waals surface area contributed by atoms with Crippen LogP contribution in [-0.2, 0) is 4.79 Å². The van der Waals surface area contributed by atoms with E-state index in [0.717, 1.165) is 37.9 Å². The molecular formula is C12H20N2O. The minimum absolute atomic E-state index is 0.236. The van der Waals surface area contributed by atoms with E-state index in [4.69, 9.17) is 0 Å². The molecular weight excluding hydrogens is 188 g/mol. The second-order valence-electron chi connectivity index (χ2n) is 5.04. The van der Waals surface area contributed by atoms with Crippen LogP contribution in [0.3, 0.4) is 0 Å². The molecule has 15 heavy (non-hydrogen) atoms. The molecule has 2 rings (SSSR count). The van der Waals surface area contributed by atoms with E-state index in [9.17, 15) is 4.79 Å². The Bertz CT molecular complexity index is 279. The number of carbonyl (C=O) groups excluding carboxylic acids is 1. The van der Waals surface area contributed by atoms with Crippen molar-refractivity contribution in [3.63, 3.8) is 0 Å². The molecule has 0 aromatic rings. The van der Waals surface area contributed by atoms with Crippen LogP contribution in [0.5, 0.6) is 0 Å². The van der Waals surface area contributed by atoms with Crippen molar-refractivity contribution in [3.8, 4) is 0 Å². The van der Waals surface area contributed by atoms with E-state index >= 15 is 0 Å². The Morgan fingerprint density at radius 1 is 1.53 bits per heavy atom. The summed E-state index contributed by atoms with van der Waals surface area (Å²) in [5.74, 6) is 0.513. The fourth-order valence-corrected chi connectivity index (χ4v) is 2.56. The molecule has 2 fully saturated rings. The fraction of sp³-hybridized carbons (Fsp3) is 0.750. The molecule has 1 amide bonds. The summed E-state index contributed by atoms with van der Waals surface area (Å²) in [5.41, 5.74) is 1.37. The van der Waals surface area contributed by atoms with E-state index in [-0.39, 0.29) is 11.8 Å². The number of amides is 1. The summed E-state index contributed by atoms with van der Waals surface area (Å²) in [4.78, 5) is 11.8. The number of nitrogens with one attached hydrogen (secondary N) is 2. The Morgan fingerprint density at radius 3 is 2.80 bits per heavy atom. The standard InChI is InChI=1S/C12H20N2O/c1-9(2)8-14-11(15)10-7-12(10)3-5-13-6-4-12/h10,13H,1,3-8H2,2H3,(H,14,15). The quantitative estimate of drug-likeness (QED) is 0.681. The summed E-state index contributed by atoms with van der Waals surface area (Å²) in [6.07, 6.45) is 3.42. The van der Waals surface area contributed by atoms with Gasteiger partial charge in [0.15, 0.2) is 0 Å². The van der Waals surface area contributed by atoms with Gasteiger partial charge in [0, 0.05) is 12.5 Å². The lowest BCUT2D eigenvalue weighted by Gasteiger charge is -2.23. The van der Waals surface area contributed by atoms with Crippen molar-refractivity contribution in [2.45, 2.75) is 26.2 Å². The van der Waals surface area contributed by atoms with Gasteiger partial charge in [0.05, 0.1) is 0 Å². The molecule has 1 unspecified atom stereocenters. The fourth-order valence-electron chi connectivity index (χ4n) is 2.56. The second kappa shape index (κ2) is 3.97. The number of rotatable bonds is 3. The summed E-state index contributed by atoms with van der Waals surface area (Å²) < 4.78 is 0. The van der Waals surface area contributed by atoms with E-state index in [2.05, 4.69) is 17.2 Å². The predicted molar refractivity (Wildman–Crippen MR) is 60.5 cm³/mol. The smallest absolute Gasteiger partial charge is 0.223 e. The Hall–Kier alpha value is -0.830. The third-order valence-corrected chi connectivity index (χ3v) is 3.67. The predicted octanol–water partition coefficient (Wildman–Crippen LogP) is 1.07. The summed E-state index contributed by atoms with van der Waals surface area (Å²) in [6, 6.07) is 0. The lowest BCUT2D eigenvalue weighted by molar-refractivity contribution is -0.123. The number of carbonyl (C=O) groups is 1. The van der Waals surface area contributed by atoms with Crippen LogP contribution in [0.2, 0.25) is 0 Å². The Balaban J connectivity index is 1.81. The van der Waals surface area contributed by atoms with Gasteiger partial charge in [-0.1, -0.05) is 12.2 Å². The van der Waals surface area contributed by atoms with Crippen LogP contribution in [0.15, 0.2) is 12.2 Å². The summed E-state index contributed by atoms with van der Waals surface area (Å²) in [5, 5.41) is 6.30. The molecule has 2 aliphatic rings. The van der Waals surface area contributed by atoms with Gasteiger partial charge in [0.25, 0.3) is 0 Å². The van der Waals surface area contributed by atoms with Gasteiger partial charge < -0.3 is 10.6 Å². The van der Waals surface area contributed by atoms with Crippen molar-refractivity contribution in [1.82, 2.24) is 10.6 Å². The molecule has 84 valence electrons. The zero-order valence-corrected chi connectivity index (χ0v) is 9.44. The SMILES string of the molecule is C=C(C)CNC(=O)C1CC12CCNCC2. The highest BCUT2D eigenvalue weighted by atomic mass is 16.2. The molecule has 2 N–H and O–H groups in total. The highest BCUT2D eigenvalue weighted by molar-refractivity contribution is 5.82. The van der Waals surface area contributed by atoms with Gasteiger partial charge in [-0.2, -0.15) is 0 Å². The van der Waals surface area contributed by atoms with Gasteiger partial charge in [-0.15, -0.1) is 0 Å². The summed E-state index contributed by atoms with van der Waals surface area (Å²) in [6.45, 7) is 8.50.